The van der Waals surface area contributed by atoms with E-state index in [1.807, 2.05) is 4.90 Å². The summed E-state index contributed by atoms with van der Waals surface area (Å²) in [5.41, 5.74) is 0.735. The Kier molecular flexibility index (Phi) is 4.57. The van der Waals surface area contributed by atoms with Crippen molar-refractivity contribution in [2.75, 3.05) is 31.1 Å². The molecule has 1 unspecified atom stereocenters. The first-order valence-corrected chi connectivity index (χ1v) is 9.27. The van der Waals surface area contributed by atoms with Gasteiger partial charge in [0.15, 0.2) is 0 Å². The zero-order chi connectivity index (χ0) is 18.3. The molecule has 6 nitrogen and oxygen atoms in total. The maximum Gasteiger partial charge on any atom is 0.443 e. The van der Waals surface area contributed by atoms with Gasteiger partial charge in [0, 0.05) is 49.6 Å². The lowest BCUT2D eigenvalue weighted by Crippen LogP contribution is -2.52. The topological polar surface area (TPSA) is 74.2 Å². The number of aliphatic hydroxyl groups is 1. The number of hydrogen-bond donors (Lipinski definition) is 2. The van der Waals surface area contributed by atoms with Crippen LogP contribution in [0, 0.1) is 0 Å². The van der Waals surface area contributed by atoms with Gasteiger partial charge in [0.25, 0.3) is 0 Å². The molecule has 140 valence electrons. The summed E-state index contributed by atoms with van der Waals surface area (Å²) in [7, 11) is 0. The number of nitrogens with zero attached hydrogens (tertiary/aromatic N) is 4. The molecule has 1 saturated heterocycles. The van der Waals surface area contributed by atoms with Gasteiger partial charge < -0.3 is 15.3 Å². The molecule has 0 aromatic carbocycles. The molecular weight excluding hydrogens is 367 g/mol. The predicted molar refractivity (Wildman–Crippen MR) is 91.2 cm³/mol. The Labute approximate surface area is 152 Å². The van der Waals surface area contributed by atoms with E-state index in [4.69, 9.17) is 0 Å². The number of piperazine rings is 1. The first-order valence-electron chi connectivity index (χ1n) is 8.45. The fourth-order valence-corrected chi connectivity index (χ4v) is 3.97. The monoisotopic (exact) mass is 385 g/mol. The molecule has 3 heterocycles. The molecule has 2 aromatic rings. The molecule has 2 fully saturated rings. The van der Waals surface area contributed by atoms with E-state index in [9.17, 15) is 18.3 Å². The summed E-state index contributed by atoms with van der Waals surface area (Å²) >= 11 is 0.628. The van der Waals surface area contributed by atoms with Crippen molar-refractivity contribution >= 4 is 16.3 Å². The maximum atomic E-state index is 13.2. The molecule has 0 bridgehead atoms. The highest BCUT2D eigenvalue weighted by Crippen LogP contribution is 2.43. The average Bonchev–Trinajstić information content (AvgIpc) is 3.38. The first kappa shape index (κ1) is 17.6. The summed E-state index contributed by atoms with van der Waals surface area (Å²) in [6, 6.07) is -0.179. The van der Waals surface area contributed by atoms with Crippen LogP contribution in [0.5, 0.6) is 0 Å². The second-order valence-corrected chi connectivity index (χ2v) is 7.53. The number of halogens is 3. The molecule has 2 aromatic heterocycles. The highest BCUT2D eigenvalue weighted by molar-refractivity contribution is 7.16. The SMILES string of the molecule is OCC1CN(c2sc(C(F)(F)F)nc2-c2cnc(C3CC3)nc2)CCN1. The smallest absolute Gasteiger partial charge is 0.395 e. The summed E-state index contributed by atoms with van der Waals surface area (Å²) in [5.74, 6) is 1.12. The largest absolute Gasteiger partial charge is 0.443 e. The van der Waals surface area contributed by atoms with Crippen LogP contribution in [-0.2, 0) is 6.18 Å². The minimum absolute atomic E-state index is 0.0735. The second kappa shape index (κ2) is 6.75. The molecule has 0 spiro atoms. The Bertz CT molecular complexity index is 775. The summed E-state index contributed by atoms with van der Waals surface area (Å²) in [6.45, 7) is 1.48. The standard InChI is InChI=1S/C16H18F3N5OS/c17-16(18,19)15-23-12(10-5-21-13(22-6-10)9-1-2-9)14(26-15)24-4-3-20-11(7-24)8-25/h5-6,9,11,20,25H,1-4,7-8H2. The van der Waals surface area contributed by atoms with Gasteiger partial charge in [-0.3, -0.25) is 0 Å². The van der Waals surface area contributed by atoms with Crippen LogP contribution in [0.3, 0.4) is 0 Å². The van der Waals surface area contributed by atoms with Crippen LogP contribution in [0.2, 0.25) is 0 Å². The second-order valence-electron chi connectivity index (χ2n) is 6.55. The zero-order valence-electron chi connectivity index (χ0n) is 13.8. The van der Waals surface area contributed by atoms with Gasteiger partial charge >= 0.3 is 6.18 Å². The number of hydrogen-bond acceptors (Lipinski definition) is 7. The van der Waals surface area contributed by atoms with E-state index < -0.39 is 11.2 Å². The number of aromatic nitrogens is 3. The maximum absolute atomic E-state index is 13.2. The van der Waals surface area contributed by atoms with Crippen molar-refractivity contribution in [1.29, 1.82) is 0 Å². The Hall–Kier alpha value is -1.78. The third kappa shape index (κ3) is 3.53. The normalized spacial score (nSPS) is 21.2. The fourth-order valence-electron chi connectivity index (χ4n) is 2.98. The van der Waals surface area contributed by atoms with Crippen LogP contribution >= 0.6 is 11.3 Å². The lowest BCUT2D eigenvalue weighted by molar-refractivity contribution is -0.137. The van der Waals surface area contributed by atoms with Crippen LogP contribution in [0.1, 0.15) is 29.6 Å². The van der Waals surface area contributed by atoms with Gasteiger partial charge in [0.1, 0.15) is 16.5 Å². The van der Waals surface area contributed by atoms with Crippen LogP contribution < -0.4 is 10.2 Å². The molecular formula is C16H18F3N5OS. The molecule has 1 saturated carbocycles. The fraction of sp³-hybridized carbons (Fsp3) is 0.562. The van der Waals surface area contributed by atoms with E-state index in [-0.39, 0.29) is 18.3 Å². The van der Waals surface area contributed by atoms with Gasteiger partial charge in [-0.25, -0.2) is 15.0 Å². The molecule has 4 rings (SSSR count). The Balaban J connectivity index is 1.70. The number of anilines is 1. The molecule has 1 aliphatic heterocycles. The van der Waals surface area contributed by atoms with Crippen molar-refractivity contribution in [3.05, 3.63) is 23.2 Å². The predicted octanol–water partition coefficient (Wildman–Crippen LogP) is 2.27. The van der Waals surface area contributed by atoms with Gasteiger partial charge in [-0.15, -0.1) is 0 Å². The summed E-state index contributed by atoms with van der Waals surface area (Å²) in [5, 5.41) is 12.1. The van der Waals surface area contributed by atoms with Crippen molar-refractivity contribution in [3.8, 4) is 11.3 Å². The summed E-state index contributed by atoms with van der Waals surface area (Å²) < 4.78 is 39.7. The van der Waals surface area contributed by atoms with Crippen molar-refractivity contribution in [2.24, 2.45) is 0 Å². The van der Waals surface area contributed by atoms with Crippen LogP contribution in [0.25, 0.3) is 11.3 Å². The molecule has 2 N–H and O–H groups in total. The molecule has 0 amide bonds. The third-order valence-corrected chi connectivity index (χ3v) is 5.66. The number of thiazole rings is 1. The Morgan fingerprint density at radius 2 is 2.00 bits per heavy atom. The summed E-state index contributed by atoms with van der Waals surface area (Å²) in [4.78, 5) is 14.3. The van der Waals surface area contributed by atoms with E-state index in [0.29, 0.717) is 47.5 Å². The van der Waals surface area contributed by atoms with E-state index >= 15 is 0 Å². The molecule has 10 heteroatoms. The third-order valence-electron chi connectivity index (χ3n) is 4.50. The van der Waals surface area contributed by atoms with Gasteiger partial charge in [-0.1, -0.05) is 11.3 Å². The molecule has 0 radical (unpaired) electrons. The van der Waals surface area contributed by atoms with Crippen molar-refractivity contribution < 1.29 is 18.3 Å². The van der Waals surface area contributed by atoms with Crippen LogP contribution in [0.4, 0.5) is 18.2 Å². The molecule has 2 aliphatic rings. The van der Waals surface area contributed by atoms with Crippen LogP contribution in [0.15, 0.2) is 12.4 Å². The summed E-state index contributed by atoms with van der Waals surface area (Å²) in [6.07, 6.45) is 0.735. The van der Waals surface area contributed by atoms with Gasteiger partial charge in [-0.05, 0) is 12.8 Å². The average molecular weight is 385 g/mol. The van der Waals surface area contributed by atoms with E-state index in [2.05, 4.69) is 20.3 Å². The van der Waals surface area contributed by atoms with Crippen molar-refractivity contribution in [2.45, 2.75) is 31.0 Å². The van der Waals surface area contributed by atoms with Crippen molar-refractivity contribution in [1.82, 2.24) is 20.3 Å². The van der Waals surface area contributed by atoms with Gasteiger partial charge in [0.2, 0.25) is 5.01 Å². The number of alkyl halides is 3. The lowest BCUT2D eigenvalue weighted by atomic mass is 10.2. The zero-order valence-corrected chi connectivity index (χ0v) is 14.6. The highest BCUT2D eigenvalue weighted by atomic mass is 32.1. The quantitative estimate of drug-likeness (QED) is 0.841. The molecule has 1 atom stereocenters. The van der Waals surface area contributed by atoms with E-state index in [1.165, 1.54) is 0 Å². The number of rotatable bonds is 4. The highest BCUT2D eigenvalue weighted by Gasteiger charge is 2.38. The Morgan fingerprint density at radius 3 is 2.62 bits per heavy atom. The minimum Gasteiger partial charge on any atom is -0.395 e. The Morgan fingerprint density at radius 1 is 1.27 bits per heavy atom. The lowest BCUT2D eigenvalue weighted by Gasteiger charge is -2.33. The minimum atomic E-state index is -4.50. The van der Waals surface area contributed by atoms with E-state index in [1.54, 1.807) is 12.4 Å². The molecule has 1 aliphatic carbocycles. The van der Waals surface area contributed by atoms with Gasteiger partial charge in [-0.2, -0.15) is 13.2 Å². The van der Waals surface area contributed by atoms with Crippen LogP contribution in [-0.4, -0.2) is 52.3 Å². The van der Waals surface area contributed by atoms with E-state index in [0.717, 1.165) is 18.7 Å². The number of nitrogens with one attached hydrogen (secondary N) is 1. The molecule has 26 heavy (non-hydrogen) atoms. The van der Waals surface area contributed by atoms with Gasteiger partial charge in [0.05, 0.1) is 6.61 Å². The number of aliphatic hydroxyl groups excluding tert-OH is 1. The van der Waals surface area contributed by atoms with Crippen molar-refractivity contribution in [3.63, 3.8) is 0 Å². The first-order chi connectivity index (χ1) is 12.5.